The summed E-state index contributed by atoms with van der Waals surface area (Å²) in [5, 5.41) is 0. The molecule has 0 unspecified atom stereocenters. The fraction of sp³-hybridized carbons (Fsp3) is 0.800. The molecule has 0 radical (unpaired) electrons. The van der Waals surface area contributed by atoms with Crippen LogP contribution >= 0.6 is 0 Å². The summed E-state index contributed by atoms with van der Waals surface area (Å²) >= 11 is 0. The predicted molar refractivity (Wildman–Crippen MR) is 70.3 cm³/mol. The molecule has 1 N–H and O–H groups in total. The minimum absolute atomic E-state index is 0.723. The first-order valence-corrected chi connectivity index (χ1v) is 7.51. The molecular weight excluding hydrogens is 208 g/mol. The van der Waals surface area contributed by atoms with Crippen molar-refractivity contribution in [3.63, 3.8) is 0 Å². The van der Waals surface area contributed by atoms with E-state index < -0.39 is 0 Å². The molecule has 94 valence electrons. The number of fused-ring (bicyclic) bond motifs is 1. The highest BCUT2D eigenvalue weighted by atomic mass is 14.9. The Morgan fingerprint density at radius 3 is 2.29 bits per heavy atom. The van der Waals surface area contributed by atoms with Gasteiger partial charge < -0.3 is 4.98 Å². The fourth-order valence-electron chi connectivity index (χ4n) is 3.40. The molecule has 3 rings (SSSR count). The Balaban J connectivity index is 1.75. The first kappa shape index (κ1) is 11.3. The van der Waals surface area contributed by atoms with Crippen LogP contribution < -0.4 is 0 Å². The first-order valence-electron chi connectivity index (χ1n) is 7.51. The van der Waals surface area contributed by atoms with E-state index in [0.29, 0.717) is 0 Å². The molecule has 0 amide bonds. The predicted octanol–water partition coefficient (Wildman–Crippen LogP) is 4.12. The summed E-state index contributed by atoms with van der Waals surface area (Å²) in [5.41, 5.74) is 2.83. The zero-order chi connectivity index (χ0) is 11.5. The van der Waals surface area contributed by atoms with E-state index in [1.807, 2.05) is 0 Å². The summed E-state index contributed by atoms with van der Waals surface area (Å²) in [6.45, 7) is 0. The first-order chi connectivity index (χ1) is 8.43. The van der Waals surface area contributed by atoms with E-state index in [-0.39, 0.29) is 0 Å². The van der Waals surface area contributed by atoms with E-state index in [4.69, 9.17) is 4.98 Å². The number of hydrogen-bond donors (Lipinski definition) is 1. The maximum Gasteiger partial charge on any atom is 0.109 e. The average molecular weight is 232 g/mol. The molecule has 1 heterocycles. The van der Waals surface area contributed by atoms with Crippen LogP contribution in [-0.4, -0.2) is 9.97 Å². The van der Waals surface area contributed by atoms with Gasteiger partial charge >= 0.3 is 0 Å². The van der Waals surface area contributed by atoms with Gasteiger partial charge in [-0.3, -0.25) is 0 Å². The molecule has 0 atom stereocenters. The van der Waals surface area contributed by atoms with Crippen LogP contribution in [0.1, 0.15) is 80.9 Å². The number of aryl methyl sites for hydroxylation is 2. The lowest BCUT2D eigenvalue weighted by Crippen LogP contribution is -2.04. The topological polar surface area (TPSA) is 28.7 Å². The number of rotatable bonds is 1. The Hall–Kier alpha value is -0.790. The molecule has 0 saturated heterocycles. The Morgan fingerprint density at radius 1 is 0.824 bits per heavy atom. The van der Waals surface area contributed by atoms with Crippen LogP contribution in [0.15, 0.2) is 0 Å². The molecule has 0 bridgehead atoms. The number of aromatic nitrogens is 2. The molecular formula is C15H24N2. The maximum absolute atomic E-state index is 4.89. The van der Waals surface area contributed by atoms with Crippen molar-refractivity contribution < 1.29 is 0 Å². The lowest BCUT2D eigenvalue weighted by molar-refractivity contribution is 0.444. The third kappa shape index (κ3) is 2.56. The normalized spacial score (nSPS) is 22.8. The standard InChI is InChI=1S/C15H24N2/c1-2-4-8-12(9-5-3-1)15-16-13-10-6-7-11-14(13)17-15/h12H,1-11H2,(H,16,17). The molecule has 1 saturated carbocycles. The van der Waals surface area contributed by atoms with Crippen LogP contribution in [0.2, 0.25) is 0 Å². The summed E-state index contributed by atoms with van der Waals surface area (Å²) in [4.78, 5) is 8.53. The number of nitrogens with one attached hydrogen (secondary N) is 1. The van der Waals surface area contributed by atoms with Gasteiger partial charge in [-0.15, -0.1) is 0 Å². The van der Waals surface area contributed by atoms with Crippen molar-refractivity contribution in [3.8, 4) is 0 Å². The summed E-state index contributed by atoms with van der Waals surface area (Å²) in [7, 11) is 0. The highest BCUT2D eigenvalue weighted by Gasteiger charge is 2.20. The van der Waals surface area contributed by atoms with E-state index in [0.717, 1.165) is 5.92 Å². The minimum Gasteiger partial charge on any atom is -0.345 e. The van der Waals surface area contributed by atoms with Gasteiger partial charge in [0.05, 0.1) is 5.69 Å². The van der Waals surface area contributed by atoms with Crippen molar-refractivity contribution >= 4 is 0 Å². The van der Waals surface area contributed by atoms with Crippen molar-refractivity contribution in [3.05, 3.63) is 17.2 Å². The number of aromatic amines is 1. The molecule has 1 fully saturated rings. The second-order valence-corrected chi connectivity index (χ2v) is 5.80. The van der Waals surface area contributed by atoms with E-state index in [1.54, 1.807) is 0 Å². The van der Waals surface area contributed by atoms with Gasteiger partial charge in [0.25, 0.3) is 0 Å². The van der Waals surface area contributed by atoms with Crippen molar-refractivity contribution in [2.24, 2.45) is 0 Å². The van der Waals surface area contributed by atoms with Gasteiger partial charge in [-0.1, -0.05) is 32.1 Å². The molecule has 1 aromatic rings. The second kappa shape index (κ2) is 5.24. The second-order valence-electron chi connectivity index (χ2n) is 5.80. The number of hydrogen-bond acceptors (Lipinski definition) is 1. The van der Waals surface area contributed by atoms with Crippen molar-refractivity contribution in [2.45, 2.75) is 76.5 Å². The Bertz CT molecular complexity index is 335. The highest BCUT2D eigenvalue weighted by Crippen LogP contribution is 2.31. The van der Waals surface area contributed by atoms with E-state index in [2.05, 4.69) is 4.98 Å². The molecule has 2 aliphatic rings. The van der Waals surface area contributed by atoms with Crippen LogP contribution in [0.5, 0.6) is 0 Å². The van der Waals surface area contributed by atoms with Gasteiger partial charge in [-0.2, -0.15) is 0 Å². The highest BCUT2D eigenvalue weighted by molar-refractivity contribution is 5.19. The third-order valence-corrected chi connectivity index (χ3v) is 4.46. The lowest BCUT2D eigenvalue weighted by Gasteiger charge is -2.17. The summed E-state index contributed by atoms with van der Waals surface area (Å²) < 4.78 is 0. The fourth-order valence-corrected chi connectivity index (χ4v) is 3.40. The van der Waals surface area contributed by atoms with Gasteiger partial charge in [-0.05, 0) is 38.5 Å². The number of imidazole rings is 1. The molecule has 0 spiro atoms. The van der Waals surface area contributed by atoms with Crippen molar-refractivity contribution in [1.82, 2.24) is 9.97 Å². The largest absolute Gasteiger partial charge is 0.345 e. The lowest BCUT2D eigenvalue weighted by atomic mass is 9.91. The molecule has 2 aliphatic carbocycles. The SMILES string of the molecule is C1CCCC(c2nc3c([nH]2)CCCC3)CCC1. The van der Waals surface area contributed by atoms with Gasteiger partial charge in [-0.25, -0.2) is 4.98 Å². The zero-order valence-corrected chi connectivity index (χ0v) is 10.8. The Labute approximate surface area is 104 Å². The quantitative estimate of drug-likeness (QED) is 0.775. The molecule has 1 aromatic heterocycles. The number of H-pyrrole nitrogens is 1. The monoisotopic (exact) mass is 232 g/mol. The van der Waals surface area contributed by atoms with Crippen LogP contribution in [0, 0.1) is 0 Å². The van der Waals surface area contributed by atoms with Crippen molar-refractivity contribution in [2.75, 3.05) is 0 Å². The van der Waals surface area contributed by atoms with Gasteiger partial charge in [0.15, 0.2) is 0 Å². The van der Waals surface area contributed by atoms with Gasteiger partial charge in [0, 0.05) is 11.6 Å². The van der Waals surface area contributed by atoms with Crippen LogP contribution in [0.3, 0.4) is 0 Å². The molecule has 17 heavy (non-hydrogen) atoms. The third-order valence-electron chi connectivity index (χ3n) is 4.46. The Morgan fingerprint density at radius 2 is 1.53 bits per heavy atom. The number of nitrogens with zero attached hydrogens (tertiary/aromatic N) is 1. The minimum atomic E-state index is 0.723. The molecule has 2 heteroatoms. The summed E-state index contributed by atoms with van der Waals surface area (Å²) in [6, 6.07) is 0. The maximum atomic E-state index is 4.89. The van der Waals surface area contributed by atoms with Crippen LogP contribution in [-0.2, 0) is 12.8 Å². The van der Waals surface area contributed by atoms with Crippen LogP contribution in [0.25, 0.3) is 0 Å². The van der Waals surface area contributed by atoms with E-state index in [1.165, 1.54) is 87.8 Å². The van der Waals surface area contributed by atoms with E-state index in [9.17, 15) is 0 Å². The van der Waals surface area contributed by atoms with Crippen molar-refractivity contribution in [1.29, 1.82) is 0 Å². The summed E-state index contributed by atoms with van der Waals surface area (Å²) in [6.07, 6.45) is 14.9. The van der Waals surface area contributed by atoms with E-state index >= 15 is 0 Å². The summed E-state index contributed by atoms with van der Waals surface area (Å²) in [5.74, 6) is 2.04. The average Bonchev–Trinajstić information content (AvgIpc) is 2.71. The molecule has 0 aromatic carbocycles. The van der Waals surface area contributed by atoms with Crippen LogP contribution in [0.4, 0.5) is 0 Å². The van der Waals surface area contributed by atoms with Gasteiger partial charge in [0.2, 0.25) is 0 Å². The molecule has 0 aliphatic heterocycles. The molecule has 2 nitrogen and oxygen atoms in total. The smallest absolute Gasteiger partial charge is 0.109 e. The zero-order valence-electron chi connectivity index (χ0n) is 10.8. The Kier molecular flexibility index (Phi) is 3.49. The van der Waals surface area contributed by atoms with Gasteiger partial charge in [0.1, 0.15) is 5.82 Å².